The van der Waals surface area contributed by atoms with Crippen molar-refractivity contribution in [1.29, 1.82) is 0 Å². The van der Waals surface area contributed by atoms with Gasteiger partial charge >= 0.3 is 0 Å². The molecule has 2 aromatic rings. The highest BCUT2D eigenvalue weighted by atomic mass is 16.5. The van der Waals surface area contributed by atoms with Crippen molar-refractivity contribution in [3.63, 3.8) is 0 Å². The fourth-order valence-electron chi connectivity index (χ4n) is 1.75. The van der Waals surface area contributed by atoms with Gasteiger partial charge in [-0.25, -0.2) is 4.85 Å². The molecule has 0 aromatic heterocycles. The molecule has 0 amide bonds. The van der Waals surface area contributed by atoms with Gasteiger partial charge in [-0.15, -0.1) is 0 Å². The predicted molar refractivity (Wildman–Crippen MR) is 68.5 cm³/mol. The Labute approximate surface area is 101 Å². The lowest BCUT2D eigenvalue weighted by molar-refractivity contribution is 0.414. The van der Waals surface area contributed by atoms with Crippen LogP contribution < -0.4 is 4.74 Å². The molecule has 0 heterocycles. The number of ether oxygens (including phenoxy) is 1. The summed E-state index contributed by atoms with van der Waals surface area (Å²) in [4.78, 5) is 3.43. The van der Waals surface area contributed by atoms with Crippen LogP contribution in [0.5, 0.6) is 5.75 Å². The summed E-state index contributed by atoms with van der Waals surface area (Å²) in [5.41, 5.74) is 3.02. The van der Waals surface area contributed by atoms with Crippen molar-refractivity contribution in [3.8, 4) is 5.75 Å². The number of methoxy groups -OCH3 is 1. The molecule has 84 valence electrons. The lowest BCUT2D eigenvalue weighted by atomic mass is 10.0. The van der Waals surface area contributed by atoms with Crippen molar-refractivity contribution in [2.24, 2.45) is 0 Å². The van der Waals surface area contributed by atoms with E-state index in [9.17, 15) is 0 Å². The third kappa shape index (κ3) is 2.85. The van der Waals surface area contributed by atoms with E-state index in [2.05, 4.69) is 10.9 Å². The van der Waals surface area contributed by atoms with Crippen molar-refractivity contribution >= 4 is 5.69 Å². The van der Waals surface area contributed by atoms with Crippen LogP contribution in [0.2, 0.25) is 0 Å². The fraction of sp³-hybridized carbons (Fsp3) is 0.133. The van der Waals surface area contributed by atoms with E-state index in [1.165, 1.54) is 5.56 Å². The van der Waals surface area contributed by atoms with Gasteiger partial charge in [0.25, 0.3) is 0 Å². The van der Waals surface area contributed by atoms with E-state index in [-0.39, 0.29) is 0 Å². The van der Waals surface area contributed by atoms with Gasteiger partial charge in [-0.1, -0.05) is 42.0 Å². The second kappa shape index (κ2) is 5.18. The molecule has 2 heteroatoms. The molecule has 0 radical (unpaired) electrons. The third-order valence-electron chi connectivity index (χ3n) is 2.58. The summed E-state index contributed by atoms with van der Waals surface area (Å²) in [5, 5.41) is 0. The summed E-state index contributed by atoms with van der Waals surface area (Å²) in [6, 6.07) is 15.7. The molecule has 0 aliphatic carbocycles. The maximum atomic E-state index is 6.99. The van der Waals surface area contributed by atoms with Crippen LogP contribution in [0.4, 0.5) is 5.69 Å². The molecule has 0 unspecified atom stereocenters. The maximum Gasteiger partial charge on any atom is 0.187 e. The average Bonchev–Trinajstić information content (AvgIpc) is 2.39. The lowest BCUT2D eigenvalue weighted by Crippen LogP contribution is -1.89. The molecule has 0 N–H and O–H groups in total. The highest BCUT2D eigenvalue weighted by molar-refractivity contribution is 5.47. The van der Waals surface area contributed by atoms with E-state index >= 15 is 0 Å². The first-order valence-electron chi connectivity index (χ1n) is 5.41. The van der Waals surface area contributed by atoms with Crippen LogP contribution in [0.15, 0.2) is 48.5 Å². The molecule has 0 fully saturated rings. The Morgan fingerprint density at radius 3 is 2.47 bits per heavy atom. The summed E-state index contributed by atoms with van der Waals surface area (Å²) in [6.07, 6.45) is 0.820. The summed E-state index contributed by atoms with van der Waals surface area (Å²) in [6.45, 7) is 6.99. The number of nitrogens with zero attached hydrogens (tertiary/aromatic N) is 1. The van der Waals surface area contributed by atoms with Gasteiger partial charge in [0.05, 0.1) is 13.7 Å². The second-order valence-electron chi connectivity index (χ2n) is 3.81. The summed E-state index contributed by atoms with van der Waals surface area (Å²) < 4.78 is 5.19. The topological polar surface area (TPSA) is 13.6 Å². The van der Waals surface area contributed by atoms with Gasteiger partial charge in [-0.05, 0) is 24.1 Å². The molecule has 2 aromatic carbocycles. The van der Waals surface area contributed by atoms with Crippen LogP contribution in [0.3, 0.4) is 0 Å². The van der Waals surface area contributed by atoms with Gasteiger partial charge in [0.15, 0.2) is 5.69 Å². The van der Waals surface area contributed by atoms with Crippen molar-refractivity contribution in [2.45, 2.75) is 6.42 Å². The van der Waals surface area contributed by atoms with E-state index in [0.717, 1.165) is 17.7 Å². The quantitative estimate of drug-likeness (QED) is 0.721. The Bertz CT molecular complexity index is 555. The molecular formula is C15H13NO. The van der Waals surface area contributed by atoms with Crippen LogP contribution in [0.1, 0.15) is 11.1 Å². The van der Waals surface area contributed by atoms with E-state index in [0.29, 0.717) is 5.69 Å². The first-order valence-corrected chi connectivity index (χ1v) is 5.41. The minimum atomic E-state index is 0.686. The fourth-order valence-corrected chi connectivity index (χ4v) is 1.75. The maximum absolute atomic E-state index is 6.99. The molecule has 0 spiro atoms. The molecular weight excluding hydrogens is 210 g/mol. The molecule has 17 heavy (non-hydrogen) atoms. The van der Waals surface area contributed by atoms with Gasteiger partial charge in [-0.3, -0.25) is 0 Å². The van der Waals surface area contributed by atoms with E-state index in [1.54, 1.807) is 7.11 Å². The zero-order chi connectivity index (χ0) is 12.1. The Hall–Kier alpha value is -2.27. The van der Waals surface area contributed by atoms with Crippen LogP contribution in [-0.4, -0.2) is 7.11 Å². The zero-order valence-corrected chi connectivity index (χ0v) is 9.68. The molecule has 2 rings (SSSR count). The number of rotatable bonds is 3. The second-order valence-corrected chi connectivity index (χ2v) is 3.81. The standard InChI is InChI=1S/C15H13NO/c1-16-14-7-3-5-12(10-14)9-13-6-4-8-15(11-13)17-2/h3-8,10-11H,9H2,2H3. The van der Waals surface area contributed by atoms with E-state index < -0.39 is 0 Å². The highest BCUT2D eigenvalue weighted by Crippen LogP contribution is 2.19. The Kier molecular flexibility index (Phi) is 3.42. The highest BCUT2D eigenvalue weighted by Gasteiger charge is 1.99. The van der Waals surface area contributed by atoms with Gasteiger partial charge in [-0.2, -0.15) is 0 Å². The molecule has 0 aliphatic rings. The molecule has 0 bridgehead atoms. The normalized spacial score (nSPS) is 9.65. The smallest absolute Gasteiger partial charge is 0.187 e. The van der Waals surface area contributed by atoms with Crippen LogP contribution in [-0.2, 0) is 6.42 Å². The van der Waals surface area contributed by atoms with Crippen LogP contribution in [0, 0.1) is 6.57 Å². The summed E-state index contributed by atoms with van der Waals surface area (Å²) in [5.74, 6) is 0.865. The van der Waals surface area contributed by atoms with Crippen molar-refractivity contribution < 1.29 is 4.74 Å². The minimum Gasteiger partial charge on any atom is -0.497 e. The van der Waals surface area contributed by atoms with Gasteiger partial charge in [0, 0.05) is 0 Å². The SMILES string of the molecule is [C-]#[N+]c1cccc(Cc2cccc(OC)c2)c1. The number of hydrogen-bond donors (Lipinski definition) is 0. The number of benzene rings is 2. The first kappa shape index (κ1) is 11.2. The molecule has 0 saturated heterocycles. The largest absolute Gasteiger partial charge is 0.497 e. The van der Waals surface area contributed by atoms with E-state index in [1.807, 2.05) is 42.5 Å². The molecule has 0 saturated carbocycles. The van der Waals surface area contributed by atoms with Crippen LogP contribution in [0.25, 0.3) is 4.85 Å². The predicted octanol–water partition coefficient (Wildman–Crippen LogP) is 3.84. The average molecular weight is 223 g/mol. The third-order valence-corrected chi connectivity index (χ3v) is 2.58. The molecule has 2 nitrogen and oxygen atoms in total. The number of hydrogen-bond acceptors (Lipinski definition) is 1. The molecule has 0 atom stereocenters. The van der Waals surface area contributed by atoms with Gasteiger partial charge in [0.1, 0.15) is 5.75 Å². The summed E-state index contributed by atoms with van der Waals surface area (Å²) >= 11 is 0. The van der Waals surface area contributed by atoms with Crippen molar-refractivity contribution in [1.82, 2.24) is 0 Å². The van der Waals surface area contributed by atoms with Crippen LogP contribution >= 0.6 is 0 Å². The van der Waals surface area contributed by atoms with Gasteiger partial charge < -0.3 is 4.74 Å². The Balaban J connectivity index is 2.22. The van der Waals surface area contributed by atoms with E-state index in [4.69, 9.17) is 11.3 Å². The monoisotopic (exact) mass is 223 g/mol. The van der Waals surface area contributed by atoms with Crippen molar-refractivity contribution in [3.05, 3.63) is 71.1 Å². The molecule has 0 aliphatic heterocycles. The van der Waals surface area contributed by atoms with Gasteiger partial charge in [0.2, 0.25) is 0 Å². The van der Waals surface area contributed by atoms with Crippen molar-refractivity contribution in [2.75, 3.05) is 7.11 Å². The minimum absolute atomic E-state index is 0.686. The lowest BCUT2D eigenvalue weighted by Gasteiger charge is -2.05. The Morgan fingerprint density at radius 1 is 1.06 bits per heavy atom. The first-order chi connectivity index (χ1) is 8.31. The zero-order valence-electron chi connectivity index (χ0n) is 9.68. The Morgan fingerprint density at radius 2 is 1.76 bits per heavy atom. The summed E-state index contributed by atoms with van der Waals surface area (Å²) in [7, 11) is 1.67.